The number of nitrogens with zero attached hydrogens (tertiary/aromatic N) is 1. The molecule has 0 amide bonds. The smallest absolute Gasteiger partial charge is 0.0897 e. The molecule has 0 aliphatic heterocycles. The Bertz CT molecular complexity index is 392. The van der Waals surface area contributed by atoms with Crippen LogP contribution in [-0.4, -0.2) is 4.98 Å². The third kappa shape index (κ3) is 2.20. The molecule has 0 bridgehead atoms. The number of rotatable bonds is 3. The van der Waals surface area contributed by atoms with E-state index in [4.69, 9.17) is 5.73 Å². The van der Waals surface area contributed by atoms with E-state index in [9.17, 15) is 0 Å². The zero-order chi connectivity index (χ0) is 9.97. The molecule has 2 aromatic rings. The van der Waals surface area contributed by atoms with Gasteiger partial charge in [0.1, 0.15) is 0 Å². The second-order valence-corrected chi connectivity index (χ2v) is 5.07. The van der Waals surface area contributed by atoms with Gasteiger partial charge in [0, 0.05) is 17.8 Å². The first-order chi connectivity index (χ1) is 6.75. The van der Waals surface area contributed by atoms with E-state index < -0.39 is 0 Å². The summed E-state index contributed by atoms with van der Waals surface area (Å²) in [6.45, 7) is 2.02. The maximum Gasteiger partial charge on any atom is 0.0897 e. The number of aromatic nitrogens is 1. The minimum absolute atomic E-state index is 0.0859. The molecular formula is C10H12N2S2. The van der Waals surface area contributed by atoms with Crippen molar-refractivity contribution in [3.8, 4) is 0 Å². The predicted molar refractivity (Wildman–Crippen MR) is 61.8 cm³/mol. The van der Waals surface area contributed by atoms with Crippen LogP contribution in [0.1, 0.15) is 22.3 Å². The van der Waals surface area contributed by atoms with Gasteiger partial charge in [0.2, 0.25) is 0 Å². The lowest BCUT2D eigenvalue weighted by Crippen LogP contribution is -2.12. The lowest BCUT2D eigenvalue weighted by Gasteiger charge is -2.06. The van der Waals surface area contributed by atoms with E-state index in [1.54, 1.807) is 22.7 Å². The highest BCUT2D eigenvalue weighted by Crippen LogP contribution is 2.19. The molecule has 0 radical (unpaired) electrons. The van der Waals surface area contributed by atoms with Gasteiger partial charge in [-0.1, -0.05) is 0 Å². The number of nitrogens with two attached hydrogens (primary N) is 1. The molecule has 0 aliphatic rings. The van der Waals surface area contributed by atoms with Crippen LogP contribution in [0.15, 0.2) is 22.2 Å². The van der Waals surface area contributed by atoms with E-state index in [-0.39, 0.29) is 6.04 Å². The van der Waals surface area contributed by atoms with Crippen LogP contribution in [-0.2, 0) is 6.42 Å². The van der Waals surface area contributed by atoms with Crippen LogP contribution in [0.3, 0.4) is 0 Å². The Morgan fingerprint density at radius 3 is 2.93 bits per heavy atom. The van der Waals surface area contributed by atoms with Crippen LogP contribution < -0.4 is 5.73 Å². The van der Waals surface area contributed by atoms with Crippen LogP contribution in [0.5, 0.6) is 0 Å². The molecule has 0 saturated heterocycles. The minimum atomic E-state index is 0.0859. The van der Waals surface area contributed by atoms with E-state index in [0.29, 0.717) is 0 Å². The highest BCUT2D eigenvalue weighted by Gasteiger charge is 2.09. The average Bonchev–Trinajstić information content (AvgIpc) is 2.75. The number of hydrogen-bond donors (Lipinski definition) is 1. The summed E-state index contributed by atoms with van der Waals surface area (Å²) in [6, 6.07) is 2.16. The largest absolute Gasteiger partial charge is 0.324 e. The molecule has 1 unspecified atom stereocenters. The summed E-state index contributed by atoms with van der Waals surface area (Å²) in [5.74, 6) is 0. The van der Waals surface area contributed by atoms with Crippen molar-refractivity contribution in [2.24, 2.45) is 5.73 Å². The molecular weight excluding hydrogens is 212 g/mol. The van der Waals surface area contributed by atoms with Crippen molar-refractivity contribution >= 4 is 22.7 Å². The molecule has 2 rings (SSSR count). The summed E-state index contributed by atoms with van der Waals surface area (Å²) >= 11 is 3.37. The molecule has 0 saturated carbocycles. The summed E-state index contributed by atoms with van der Waals surface area (Å²) < 4.78 is 0. The summed E-state index contributed by atoms with van der Waals surface area (Å²) in [6.07, 6.45) is 0.834. The second kappa shape index (κ2) is 4.21. The van der Waals surface area contributed by atoms with Crippen LogP contribution in [0.25, 0.3) is 0 Å². The summed E-state index contributed by atoms with van der Waals surface area (Å²) in [4.78, 5) is 4.40. The van der Waals surface area contributed by atoms with E-state index >= 15 is 0 Å². The van der Waals surface area contributed by atoms with E-state index in [2.05, 4.69) is 27.2 Å². The van der Waals surface area contributed by atoms with Gasteiger partial charge in [-0.3, -0.25) is 0 Å². The van der Waals surface area contributed by atoms with Gasteiger partial charge in [-0.15, -0.1) is 11.3 Å². The average molecular weight is 224 g/mol. The Morgan fingerprint density at radius 1 is 1.50 bits per heavy atom. The molecule has 0 fully saturated rings. The van der Waals surface area contributed by atoms with Gasteiger partial charge in [0.05, 0.1) is 10.7 Å². The van der Waals surface area contributed by atoms with Crippen molar-refractivity contribution < 1.29 is 0 Å². The fourth-order valence-electron chi connectivity index (χ4n) is 1.33. The fourth-order valence-corrected chi connectivity index (χ4v) is 2.68. The van der Waals surface area contributed by atoms with E-state index in [0.717, 1.165) is 17.1 Å². The first-order valence-corrected chi connectivity index (χ1v) is 6.26. The topological polar surface area (TPSA) is 38.9 Å². The molecule has 2 aromatic heterocycles. The zero-order valence-electron chi connectivity index (χ0n) is 7.93. The number of thiophene rings is 1. The normalized spacial score (nSPS) is 13.0. The maximum atomic E-state index is 6.05. The lowest BCUT2D eigenvalue weighted by molar-refractivity contribution is 0.712. The maximum absolute atomic E-state index is 6.05. The third-order valence-electron chi connectivity index (χ3n) is 2.07. The fraction of sp³-hybridized carbons (Fsp3) is 0.300. The molecule has 2 heterocycles. The third-order valence-corrected chi connectivity index (χ3v) is 3.59. The molecule has 0 spiro atoms. The molecule has 0 aromatic carbocycles. The van der Waals surface area contributed by atoms with Crippen molar-refractivity contribution in [2.45, 2.75) is 19.4 Å². The molecule has 74 valence electrons. The van der Waals surface area contributed by atoms with Gasteiger partial charge in [0.15, 0.2) is 0 Å². The SMILES string of the molecule is Cc1nc(CC(N)c2ccsc2)cs1. The Labute approximate surface area is 91.4 Å². The van der Waals surface area contributed by atoms with Crippen LogP contribution in [0.2, 0.25) is 0 Å². The zero-order valence-corrected chi connectivity index (χ0v) is 9.57. The monoisotopic (exact) mass is 224 g/mol. The van der Waals surface area contributed by atoms with Gasteiger partial charge in [-0.2, -0.15) is 11.3 Å². The van der Waals surface area contributed by atoms with Crippen molar-refractivity contribution in [2.75, 3.05) is 0 Å². The standard InChI is InChI=1S/C10H12N2S2/c1-7-12-9(6-14-7)4-10(11)8-2-3-13-5-8/h2-3,5-6,10H,4,11H2,1H3. The molecule has 0 aliphatic carbocycles. The van der Waals surface area contributed by atoms with Crippen LogP contribution in [0.4, 0.5) is 0 Å². The van der Waals surface area contributed by atoms with Gasteiger partial charge < -0.3 is 5.73 Å². The van der Waals surface area contributed by atoms with Gasteiger partial charge in [-0.25, -0.2) is 4.98 Å². The van der Waals surface area contributed by atoms with Crippen LogP contribution in [0, 0.1) is 6.92 Å². The Morgan fingerprint density at radius 2 is 2.36 bits per heavy atom. The van der Waals surface area contributed by atoms with Crippen molar-refractivity contribution in [3.05, 3.63) is 38.5 Å². The van der Waals surface area contributed by atoms with Crippen molar-refractivity contribution in [3.63, 3.8) is 0 Å². The Kier molecular flexibility index (Phi) is 2.96. The highest BCUT2D eigenvalue weighted by atomic mass is 32.1. The molecule has 2 nitrogen and oxygen atoms in total. The quantitative estimate of drug-likeness (QED) is 0.870. The first kappa shape index (κ1) is 9.83. The summed E-state index contributed by atoms with van der Waals surface area (Å²) in [5.41, 5.74) is 8.36. The highest BCUT2D eigenvalue weighted by molar-refractivity contribution is 7.09. The second-order valence-electron chi connectivity index (χ2n) is 3.23. The van der Waals surface area contributed by atoms with Gasteiger partial charge >= 0.3 is 0 Å². The van der Waals surface area contributed by atoms with E-state index in [1.165, 1.54) is 5.56 Å². The van der Waals surface area contributed by atoms with Crippen molar-refractivity contribution in [1.82, 2.24) is 4.98 Å². The van der Waals surface area contributed by atoms with Gasteiger partial charge in [-0.05, 0) is 29.3 Å². The van der Waals surface area contributed by atoms with Gasteiger partial charge in [0.25, 0.3) is 0 Å². The first-order valence-electron chi connectivity index (χ1n) is 4.44. The Hall–Kier alpha value is -0.710. The summed E-state index contributed by atoms with van der Waals surface area (Å²) in [7, 11) is 0. The molecule has 14 heavy (non-hydrogen) atoms. The van der Waals surface area contributed by atoms with Crippen LogP contribution >= 0.6 is 22.7 Å². The molecule has 1 atom stereocenters. The molecule has 2 N–H and O–H groups in total. The van der Waals surface area contributed by atoms with E-state index in [1.807, 2.05) is 6.92 Å². The lowest BCUT2D eigenvalue weighted by atomic mass is 10.1. The predicted octanol–water partition coefficient (Wildman–Crippen LogP) is 2.76. The minimum Gasteiger partial charge on any atom is -0.324 e. The number of hydrogen-bond acceptors (Lipinski definition) is 4. The summed E-state index contributed by atoms with van der Waals surface area (Å²) in [5, 5.41) is 7.35. The van der Waals surface area contributed by atoms with Crippen molar-refractivity contribution in [1.29, 1.82) is 0 Å². The Balaban J connectivity index is 2.05. The number of aryl methyl sites for hydroxylation is 1. The molecule has 4 heteroatoms. The number of thiazole rings is 1.